The van der Waals surface area contributed by atoms with Gasteiger partial charge in [-0.2, -0.15) is 10.2 Å². The number of hydrogen-bond donors (Lipinski definition) is 1. The fourth-order valence-electron chi connectivity index (χ4n) is 3.86. The van der Waals surface area contributed by atoms with Gasteiger partial charge in [0.25, 0.3) is 5.91 Å². The van der Waals surface area contributed by atoms with Crippen molar-refractivity contribution < 1.29 is 4.79 Å². The van der Waals surface area contributed by atoms with E-state index < -0.39 is 0 Å². The first kappa shape index (κ1) is 19.4. The Kier molecular flexibility index (Phi) is 5.01. The average Bonchev–Trinajstić information content (AvgIpc) is 3.01. The highest BCUT2D eigenvalue weighted by atomic mass is 35.5. The standard InChI is InChI=1S/C23H23ClN4O/c1-15-21-19(25-26-22(29)16-8-7-9-17(24)12-16)13-23(2,3)14-20(21)28(27-15)18-10-5-4-6-11-18/h4-12H,13-14H2,1-3H3,(H,26,29)/b25-19+. The molecule has 0 bridgehead atoms. The van der Waals surface area contributed by atoms with E-state index in [1.165, 1.54) is 0 Å². The summed E-state index contributed by atoms with van der Waals surface area (Å²) in [5.41, 5.74) is 8.13. The monoisotopic (exact) mass is 406 g/mol. The molecule has 148 valence electrons. The van der Waals surface area contributed by atoms with Crippen LogP contribution in [0.25, 0.3) is 5.69 Å². The van der Waals surface area contributed by atoms with E-state index in [1.807, 2.05) is 41.9 Å². The number of aromatic nitrogens is 2. The smallest absolute Gasteiger partial charge is 0.267 e. The average molecular weight is 407 g/mol. The fraction of sp³-hybridized carbons (Fsp3) is 0.261. The van der Waals surface area contributed by atoms with Crippen molar-refractivity contribution in [2.24, 2.45) is 10.5 Å². The van der Waals surface area contributed by atoms with Gasteiger partial charge in [-0.05, 0) is 55.5 Å². The number of rotatable bonds is 3. The highest BCUT2D eigenvalue weighted by Gasteiger charge is 2.34. The predicted octanol–water partition coefficient (Wildman–Crippen LogP) is 4.94. The van der Waals surface area contributed by atoms with Crippen LogP contribution < -0.4 is 5.43 Å². The maximum absolute atomic E-state index is 12.5. The summed E-state index contributed by atoms with van der Waals surface area (Å²) < 4.78 is 2.00. The second kappa shape index (κ2) is 7.48. The van der Waals surface area contributed by atoms with Crippen LogP contribution in [0.2, 0.25) is 5.02 Å². The number of carbonyl (C=O) groups is 1. The lowest BCUT2D eigenvalue weighted by atomic mass is 9.75. The zero-order valence-electron chi connectivity index (χ0n) is 16.7. The summed E-state index contributed by atoms with van der Waals surface area (Å²) in [5, 5.41) is 9.82. The van der Waals surface area contributed by atoms with Crippen molar-refractivity contribution in [2.45, 2.75) is 33.6 Å². The Morgan fingerprint density at radius 3 is 2.62 bits per heavy atom. The molecule has 5 nitrogen and oxygen atoms in total. The van der Waals surface area contributed by atoms with Crippen LogP contribution in [-0.2, 0) is 6.42 Å². The van der Waals surface area contributed by atoms with Crippen molar-refractivity contribution in [3.05, 3.63) is 82.1 Å². The molecule has 3 aromatic rings. The van der Waals surface area contributed by atoms with E-state index in [0.717, 1.165) is 41.2 Å². The highest BCUT2D eigenvalue weighted by Crippen LogP contribution is 2.37. The molecule has 29 heavy (non-hydrogen) atoms. The molecule has 0 saturated carbocycles. The number of halogens is 1. The number of nitrogens with one attached hydrogen (secondary N) is 1. The number of aryl methyl sites for hydroxylation is 1. The third-order valence-electron chi connectivity index (χ3n) is 5.12. The summed E-state index contributed by atoms with van der Waals surface area (Å²) in [5.74, 6) is -0.280. The number of amides is 1. The van der Waals surface area contributed by atoms with Crippen LogP contribution in [0, 0.1) is 12.3 Å². The molecule has 0 spiro atoms. The van der Waals surface area contributed by atoms with Crippen LogP contribution in [-0.4, -0.2) is 21.4 Å². The molecule has 1 aliphatic rings. The van der Waals surface area contributed by atoms with E-state index in [4.69, 9.17) is 16.7 Å². The first-order valence-corrected chi connectivity index (χ1v) is 9.99. The van der Waals surface area contributed by atoms with E-state index in [2.05, 4.69) is 24.4 Å². The van der Waals surface area contributed by atoms with Gasteiger partial charge in [0.05, 0.1) is 22.8 Å². The Labute approximate surface area is 175 Å². The molecule has 6 heteroatoms. The van der Waals surface area contributed by atoms with Crippen molar-refractivity contribution in [3.8, 4) is 5.69 Å². The van der Waals surface area contributed by atoms with Crippen LogP contribution >= 0.6 is 11.6 Å². The summed E-state index contributed by atoms with van der Waals surface area (Å²) in [6.07, 6.45) is 1.65. The lowest BCUT2D eigenvalue weighted by molar-refractivity contribution is 0.0954. The quantitative estimate of drug-likeness (QED) is 0.626. The predicted molar refractivity (Wildman–Crippen MR) is 116 cm³/mol. The van der Waals surface area contributed by atoms with Gasteiger partial charge in [0.1, 0.15) is 0 Å². The van der Waals surface area contributed by atoms with Crippen molar-refractivity contribution in [1.82, 2.24) is 15.2 Å². The first-order chi connectivity index (χ1) is 13.8. The highest BCUT2D eigenvalue weighted by molar-refractivity contribution is 6.31. The molecule has 1 aliphatic carbocycles. The third kappa shape index (κ3) is 3.96. The molecule has 1 N–H and O–H groups in total. The first-order valence-electron chi connectivity index (χ1n) is 9.61. The topological polar surface area (TPSA) is 59.3 Å². The van der Waals surface area contributed by atoms with Gasteiger partial charge in [0.2, 0.25) is 0 Å². The van der Waals surface area contributed by atoms with Crippen LogP contribution in [0.15, 0.2) is 59.7 Å². The minimum atomic E-state index is -0.280. The lowest BCUT2D eigenvalue weighted by Crippen LogP contribution is -2.31. The minimum Gasteiger partial charge on any atom is -0.267 e. The van der Waals surface area contributed by atoms with Crippen molar-refractivity contribution in [3.63, 3.8) is 0 Å². The zero-order valence-corrected chi connectivity index (χ0v) is 17.5. The fourth-order valence-corrected chi connectivity index (χ4v) is 4.05. The van der Waals surface area contributed by atoms with Gasteiger partial charge in [-0.15, -0.1) is 0 Å². The Morgan fingerprint density at radius 1 is 1.14 bits per heavy atom. The zero-order chi connectivity index (χ0) is 20.6. The number of hydrazone groups is 1. The number of hydrogen-bond acceptors (Lipinski definition) is 3. The van der Waals surface area contributed by atoms with E-state index in [1.54, 1.807) is 24.3 Å². The minimum absolute atomic E-state index is 0.00558. The molecule has 1 aromatic heterocycles. The molecular formula is C23H23ClN4O. The Balaban J connectivity index is 1.72. The summed E-state index contributed by atoms with van der Waals surface area (Å²) in [7, 11) is 0. The number of carbonyl (C=O) groups excluding carboxylic acids is 1. The molecule has 0 saturated heterocycles. The van der Waals surface area contributed by atoms with E-state index in [9.17, 15) is 4.79 Å². The summed E-state index contributed by atoms with van der Waals surface area (Å²) in [6.45, 7) is 6.41. The largest absolute Gasteiger partial charge is 0.271 e. The molecule has 0 aliphatic heterocycles. The normalized spacial score (nSPS) is 16.5. The summed E-state index contributed by atoms with van der Waals surface area (Å²) in [6, 6.07) is 16.9. The van der Waals surface area contributed by atoms with E-state index >= 15 is 0 Å². The molecule has 4 rings (SSSR count). The van der Waals surface area contributed by atoms with Gasteiger partial charge in [0, 0.05) is 16.1 Å². The van der Waals surface area contributed by atoms with Crippen LogP contribution in [0.4, 0.5) is 0 Å². The maximum atomic E-state index is 12.5. The van der Waals surface area contributed by atoms with Gasteiger partial charge in [0.15, 0.2) is 0 Å². The molecule has 1 heterocycles. The Bertz CT molecular complexity index is 1100. The molecule has 0 unspecified atom stereocenters. The SMILES string of the molecule is Cc1nn(-c2ccccc2)c2c1/C(=N/NC(=O)c1cccc(Cl)c1)CC(C)(C)C2. The van der Waals surface area contributed by atoms with Crippen molar-refractivity contribution in [1.29, 1.82) is 0 Å². The molecule has 0 radical (unpaired) electrons. The third-order valence-corrected chi connectivity index (χ3v) is 5.35. The van der Waals surface area contributed by atoms with Crippen molar-refractivity contribution >= 4 is 23.2 Å². The van der Waals surface area contributed by atoms with Gasteiger partial charge in [-0.3, -0.25) is 4.79 Å². The summed E-state index contributed by atoms with van der Waals surface area (Å²) >= 11 is 6.00. The maximum Gasteiger partial charge on any atom is 0.271 e. The van der Waals surface area contributed by atoms with Crippen LogP contribution in [0.1, 0.15) is 47.6 Å². The molecular weight excluding hydrogens is 384 g/mol. The van der Waals surface area contributed by atoms with Gasteiger partial charge in [-0.25, -0.2) is 10.1 Å². The van der Waals surface area contributed by atoms with Crippen LogP contribution in [0.3, 0.4) is 0 Å². The van der Waals surface area contributed by atoms with Crippen molar-refractivity contribution in [2.75, 3.05) is 0 Å². The number of fused-ring (bicyclic) bond motifs is 1. The van der Waals surface area contributed by atoms with Gasteiger partial charge < -0.3 is 0 Å². The van der Waals surface area contributed by atoms with E-state index in [0.29, 0.717) is 10.6 Å². The van der Waals surface area contributed by atoms with E-state index in [-0.39, 0.29) is 11.3 Å². The Morgan fingerprint density at radius 2 is 1.90 bits per heavy atom. The Hall–Kier alpha value is -2.92. The van der Waals surface area contributed by atoms with Gasteiger partial charge in [-0.1, -0.05) is 49.7 Å². The lowest BCUT2D eigenvalue weighted by Gasteiger charge is -2.31. The van der Waals surface area contributed by atoms with Gasteiger partial charge >= 0.3 is 0 Å². The number of nitrogens with zero attached hydrogens (tertiary/aromatic N) is 3. The molecule has 0 fully saturated rings. The second-order valence-electron chi connectivity index (χ2n) is 8.18. The summed E-state index contributed by atoms with van der Waals surface area (Å²) in [4.78, 5) is 12.5. The second-order valence-corrected chi connectivity index (χ2v) is 8.62. The molecule has 2 aromatic carbocycles. The molecule has 1 amide bonds. The van der Waals surface area contributed by atoms with Crippen LogP contribution in [0.5, 0.6) is 0 Å². The molecule has 0 atom stereocenters. The number of para-hydroxylation sites is 1. The number of benzene rings is 2.